The van der Waals surface area contributed by atoms with Crippen molar-refractivity contribution in [3.63, 3.8) is 0 Å². The van der Waals surface area contributed by atoms with Crippen LogP contribution in [0.5, 0.6) is 11.5 Å². The normalized spacial score (nSPS) is 15.6. The predicted octanol–water partition coefficient (Wildman–Crippen LogP) is 5.64. The first-order chi connectivity index (χ1) is 12.9. The first kappa shape index (κ1) is 19.6. The largest absolute Gasteiger partial charge is 0.493 e. The number of hydrogen-bond acceptors (Lipinski definition) is 5. The molecule has 3 rings (SSSR count). The maximum atomic E-state index is 12.7. The number of benzene rings is 2. The number of amides is 2. The third-order valence-electron chi connectivity index (χ3n) is 3.73. The van der Waals surface area contributed by atoms with Crippen molar-refractivity contribution >= 4 is 57.9 Å². The van der Waals surface area contributed by atoms with Crippen molar-refractivity contribution in [1.29, 1.82) is 0 Å². The quantitative estimate of drug-likeness (QED) is 0.582. The first-order valence-electron chi connectivity index (χ1n) is 7.98. The summed E-state index contributed by atoms with van der Waals surface area (Å²) in [7, 11) is 1.52. The predicted molar refractivity (Wildman–Crippen MR) is 109 cm³/mol. The van der Waals surface area contributed by atoms with Crippen molar-refractivity contribution in [3.8, 4) is 11.5 Å². The summed E-state index contributed by atoms with van der Waals surface area (Å²) < 4.78 is 10.8. The lowest BCUT2D eigenvalue weighted by atomic mass is 10.1. The zero-order valence-corrected chi connectivity index (χ0v) is 16.8. The van der Waals surface area contributed by atoms with Crippen LogP contribution in [0.1, 0.15) is 12.5 Å². The van der Waals surface area contributed by atoms with Gasteiger partial charge >= 0.3 is 0 Å². The number of carbonyl (C=O) groups excluding carboxylic acids is 2. The molecule has 8 heteroatoms. The number of ether oxygens (including phenoxy) is 2. The van der Waals surface area contributed by atoms with Gasteiger partial charge in [0.05, 0.1) is 29.3 Å². The van der Waals surface area contributed by atoms with Gasteiger partial charge in [-0.2, -0.15) is 0 Å². The van der Waals surface area contributed by atoms with Crippen molar-refractivity contribution < 1.29 is 19.1 Å². The Bertz CT molecular complexity index is 945. The molecule has 0 saturated carbocycles. The van der Waals surface area contributed by atoms with E-state index in [9.17, 15) is 9.59 Å². The van der Waals surface area contributed by atoms with Crippen molar-refractivity contribution in [1.82, 2.24) is 0 Å². The van der Waals surface area contributed by atoms with Crippen LogP contribution < -0.4 is 14.4 Å². The maximum absolute atomic E-state index is 12.7. The van der Waals surface area contributed by atoms with Gasteiger partial charge in [-0.25, -0.2) is 4.90 Å². The minimum absolute atomic E-state index is 0.257. The van der Waals surface area contributed by atoms with Gasteiger partial charge in [0, 0.05) is 11.1 Å². The average Bonchev–Trinajstić information content (AvgIpc) is 2.91. The average molecular weight is 424 g/mol. The van der Waals surface area contributed by atoms with Crippen LogP contribution >= 0.6 is 35.0 Å². The van der Waals surface area contributed by atoms with Gasteiger partial charge in [-0.05, 0) is 54.6 Å². The van der Waals surface area contributed by atoms with E-state index in [1.807, 2.05) is 6.92 Å². The Labute approximate surface area is 170 Å². The molecular weight excluding hydrogens is 409 g/mol. The Hall–Kier alpha value is -2.15. The minimum Gasteiger partial charge on any atom is -0.493 e. The standard InChI is InChI=1S/C19H15Cl2NO4S/c1-3-26-16-10-14(21)11(7-15(16)25-2)8-17-18(23)22(19(24)27-17)13-6-4-5-12(20)9-13/h4-10H,3H2,1-2H3/b17-8+. The van der Waals surface area contributed by atoms with Crippen molar-refractivity contribution in [2.75, 3.05) is 18.6 Å². The molecule has 0 atom stereocenters. The van der Waals surface area contributed by atoms with Gasteiger partial charge in [0.15, 0.2) is 11.5 Å². The number of nitrogens with zero attached hydrogens (tertiary/aromatic N) is 1. The van der Waals surface area contributed by atoms with E-state index in [4.69, 9.17) is 32.7 Å². The van der Waals surface area contributed by atoms with Crippen LogP contribution in [-0.4, -0.2) is 24.9 Å². The molecule has 0 spiro atoms. The SMILES string of the molecule is CCOc1cc(Cl)c(/C=C2/SC(=O)N(c3cccc(Cl)c3)C2=O)cc1OC. The lowest BCUT2D eigenvalue weighted by Gasteiger charge is -2.13. The summed E-state index contributed by atoms with van der Waals surface area (Å²) in [5.74, 6) is 0.562. The van der Waals surface area contributed by atoms with Crippen LogP contribution in [0, 0.1) is 0 Å². The Balaban J connectivity index is 1.96. The monoisotopic (exact) mass is 423 g/mol. The first-order valence-corrected chi connectivity index (χ1v) is 9.55. The number of hydrogen-bond donors (Lipinski definition) is 0. The Kier molecular flexibility index (Phi) is 5.99. The van der Waals surface area contributed by atoms with Gasteiger partial charge in [-0.15, -0.1) is 0 Å². The van der Waals surface area contributed by atoms with E-state index in [0.717, 1.165) is 16.7 Å². The van der Waals surface area contributed by atoms with E-state index in [-0.39, 0.29) is 4.91 Å². The minimum atomic E-state index is -0.434. The van der Waals surface area contributed by atoms with E-state index in [1.165, 1.54) is 7.11 Å². The number of methoxy groups -OCH3 is 1. The van der Waals surface area contributed by atoms with Crippen LogP contribution in [0.2, 0.25) is 10.0 Å². The lowest BCUT2D eigenvalue weighted by Crippen LogP contribution is -2.27. The molecule has 1 aliphatic rings. The second-order valence-electron chi connectivity index (χ2n) is 5.45. The molecule has 0 aliphatic carbocycles. The molecule has 2 aromatic carbocycles. The molecule has 1 fully saturated rings. The molecule has 0 radical (unpaired) electrons. The third kappa shape index (κ3) is 4.08. The van der Waals surface area contributed by atoms with E-state index in [1.54, 1.807) is 42.5 Å². The Morgan fingerprint density at radius 2 is 1.93 bits per heavy atom. The molecule has 0 unspecified atom stereocenters. The van der Waals surface area contributed by atoms with Crippen molar-refractivity contribution in [2.24, 2.45) is 0 Å². The number of carbonyl (C=O) groups is 2. The van der Waals surface area contributed by atoms with Gasteiger partial charge in [-0.1, -0.05) is 29.3 Å². The maximum Gasteiger partial charge on any atom is 0.298 e. The van der Waals surface area contributed by atoms with Crippen molar-refractivity contribution in [3.05, 3.63) is 56.9 Å². The zero-order valence-electron chi connectivity index (χ0n) is 14.5. The van der Waals surface area contributed by atoms with E-state index in [2.05, 4.69) is 0 Å². The smallest absolute Gasteiger partial charge is 0.298 e. The molecule has 0 bridgehead atoms. The number of halogens is 2. The summed E-state index contributed by atoms with van der Waals surface area (Å²) in [5.41, 5.74) is 0.970. The molecule has 0 aromatic heterocycles. The summed E-state index contributed by atoms with van der Waals surface area (Å²) in [5, 5.41) is 0.422. The zero-order chi connectivity index (χ0) is 19.6. The summed E-state index contributed by atoms with van der Waals surface area (Å²) in [6.45, 7) is 2.32. The fraction of sp³-hybridized carbons (Fsp3) is 0.158. The molecule has 1 aliphatic heterocycles. The molecule has 1 heterocycles. The summed E-state index contributed by atoms with van der Waals surface area (Å²) in [4.78, 5) is 26.4. The van der Waals surface area contributed by atoms with Crippen LogP contribution in [0.15, 0.2) is 41.3 Å². The summed E-state index contributed by atoms with van der Waals surface area (Å²) in [6, 6.07) is 9.86. The molecular formula is C19H15Cl2NO4S. The number of anilines is 1. The molecule has 2 aromatic rings. The number of imide groups is 1. The van der Waals surface area contributed by atoms with Crippen LogP contribution in [0.25, 0.3) is 6.08 Å². The highest BCUT2D eigenvalue weighted by molar-refractivity contribution is 8.19. The summed E-state index contributed by atoms with van der Waals surface area (Å²) in [6.07, 6.45) is 1.57. The van der Waals surface area contributed by atoms with Gasteiger partial charge in [0.25, 0.3) is 11.1 Å². The lowest BCUT2D eigenvalue weighted by molar-refractivity contribution is -0.113. The van der Waals surface area contributed by atoms with Crippen LogP contribution in [0.4, 0.5) is 10.5 Å². The molecule has 5 nitrogen and oxygen atoms in total. The fourth-order valence-electron chi connectivity index (χ4n) is 2.54. The second kappa shape index (κ2) is 8.25. The number of rotatable bonds is 5. The Morgan fingerprint density at radius 1 is 1.15 bits per heavy atom. The van der Waals surface area contributed by atoms with Crippen molar-refractivity contribution in [2.45, 2.75) is 6.92 Å². The number of thioether (sulfide) groups is 1. The molecule has 140 valence electrons. The van der Waals surface area contributed by atoms with Gasteiger partial charge < -0.3 is 9.47 Å². The fourth-order valence-corrected chi connectivity index (χ4v) is 3.76. The molecule has 2 amide bonds. The van der Waals surface area contributed by atoms with Crippen LogP contribution in [0.3, 0.4) is 0 Å². The topological polar surface area (TPSA) is 55.8 Å². The highest BCUT2D eigenvalue weighted by atomic mass is 35.5. The molecule has 0 N–H and O–H groups in total. The van der Waals surface area contributed by atoms with Gasteiger partial charge in [-0.3, -0.25) is 9.59 Å². The van der Waals surface area contributed by atoms with E-state index < -0.39 is 11.1 Å². The highest BCUT2D eigenvalue weighted by Crippen LogP contribution is 2.39. The van der Waals surface area contributed by atoms with E-state index >= 15 is 0 Å². The van der Waals surface area contributed by atoms with Crippen LogP contribution in [-0.2, 0) is 4.79 Å². The van der Waals surface area contributed by atoms with Gasteiger partial charge in [0.1, 0.15) is 0 Å². The van der Waals surface area contributed by atoms with E-state index in [0.29, 0.717) is 39.4 Å². The third-order valence-corrected chi connectivity index (χ3v) is 5.16. The van der Waals surface area contributed by atoms with Gasteiger partial charge in [0.2, 0.25) is 0 Å². The Morgan fingerprint density at radius 3 is 2.59 bits per heavy atom. The molecule has 1 saturated heterocycles. The highest BCUT2D eigenvalue weighted by Gasteiger charge is 2.36. The molecule has 27 heavy (non-hydrogen) atoms. The second-order valence-corrected chi connectivity index (χ2v) is 7.29. The summed E-state index contributed by atoms with van der Waals surface area (Å²) >= 11 is 13.1.